The van der Waals surface area contributed by atoms with Gasteiger partial charge in [0, 0.05) is 19.6 Å². The van der Waals surface area contributed by atoms with Crippen LogP contribution in [0.25, 0.3) is 0 Å². The van der Waals surface area contributed by atoms with Crippen LogP contribution in [0, 0.1) is 17.8 Å². The molecule has 0 aromatic rings. The summed E-state index contributed by atoms with van der Waals surface area (Å²) in [4.78, 5) is 2.41. The van der Waals surface area contributed by atoms with Gasteiger partial charge < -0.3 is 14.7 Å². The van der Waals surface area contributed by atoms with E-state index >= 15 is 0 Å². The van der Waals surface area contributed by atoms with Crippen LogP contribution in [-0.2, 0) is 4.74 Å². The molecule has 2 fully saturated rings. The van der Waals surface area contributed by atoms with E-state index in [1.165, 1.54) is 25.7 Å². The summed E-state index contributed by atoms with van der Waals surface area (Å²) in [6.07, 6.45) is 5.11. The highest BCUT2D eigenvalue weighted by Crippen LogP contribution is 2.27. The predicted octanol–water partition coefficient (Wildman–Crippen LogP) is 2.53. The zero-order valence-electron chi connectivity index (χ0n) is 12.8. The lowest BCUT2D eigenvalue weighted by Crippen LogP contribution is -2.44. The fourth-order valence-electron chi connectivity index (χ4n) is 3.89. The molecule has 0 aromatic heterocycles. The third-order valence-corrected chi connectivity index (χ3v) is 4.70. The highest BCUT2D eigenvalue weighted by Gasteiger charge is 2.26. The van der Waals surface area contributed by atoms with Crippen LogP contribution in [0.1, 0.15) is 46.5 Å². The van der Waals surface area contributed by atoms with Gasteiger partial charge in [0.25, 0.3) is 0 Å². The van der Waals surface area contributed by atoms with Crippen molar-refractivity contribution in [2.24, 2.45) is 17.8 Å². The number of nitrogens with zero attached hydrogens (tertiary/aromatic N) is 1. The molecule has 3 heteroatoms. The largest absolute Gasteiger partial charge is 0.389 e. The van der Waals surface area contributed by atoms with E-state index in [1.54, 1.807) is 0 Å². The second kappa shape index (κ2) is 7.05. The van der Waals surface area contributed by atoms with Crippen LogP contribution in [0.2, 0.25) is 0 Å². The smallest absolute Gasteiger partial charge is 0.0900 e. The molecule has 19 heavy (non-hydrogen) atoms. The summed E-state index contributed by atoms with van der Waals surface area (Å²) in [5.74, 6) is 2.18. The lowest BCUT2D eigenvalue weighted by atomic mass is 9.92. The standard InChI is InChI=1S/C16H31NO2/c1-12-7-13(2)9-17(8-12)10-15(18)11-19-16-6-4-5-14(16)3/h12-16,18H,4-11H2,1-3H3/t12-,13+,14-,15+,16+/m1/s1. The molecule has 2 rings (SSSR count). The Kier molecular flexibility index (Phi) is 5.67. The topological polar surface area (TPSA) is 32.7 Å². The molecule has 1 heterocycles. The van der Waals surface area contributed by atoms with Crippen molar-refractivity contribution in [2.45, 2.75) is 58.7 Å². The molecule has 1 aliphatic carbocycles. The number of hydrogen-bond acceptors (Lipinski definition) is 3. The molecule has 0 spiro atoms. The molecule has 0 aromatic carbocycles. The van der Waals surface area contributed by atoms with Gasteiger partial charge in [-0.25, -0.2) is 0 Å². The monoisotopic (exact) mass is 269 g/mol. The molecule has 1 saturated carbocycles. The predicted molar refractivity (Wildman–Crippen MR) is 78.1 cm³/mol. The fraction of sp³-hybridized carbons (Fsp3) is 1.00. The SMILES string of the molecule is C[C@@H]1C[C@H](C)CN(C[C@H](O)CO[C@H]2CCC[C@H]2C)C1. The maximum Gasteiger partial charge on any atom is 0.0900 e. The normalized spacial score (nSPS) is 38.5. The van der Waals surface area contributed by atoms with Gasteiger partial charge in [-0.15, -0.1) is 0 Å². The summed E-state index contributed by atoms with van der Waals surface area (Å²) >= 11 is 0. The van der Waals surface area contributed by atoms with Crippen LogP contribution in [0.3, 0.4) is 0 Å². The minimum absolute atomic E-state index is 0.328. The Balaban J connectivity index is 1.67. The lowest BCUT2D eigenvalue weighted by molar-refractivity contribution is -0.0369. The zero-order chi connectivity index (χ0) is 13.8. The van der Waals surface area contributed by atoms with Gasteiger partial charge >= 0.3 is 0 Å². The Bertz CT molecular complexity index is 261. The van der Waals surface area contributed by atoms with Gasteiger partial charge in [-0.05, 0) is 37.0 Å². The number of rotatable bonds is 5. The number of aliphatic hydroxyl groups is 1. The molecule has 112 valence electrons. The molecule has 0 amide bonds. The third kappa shape index (κ3) is 4.73. The van der Waals surface area contributed by atoms with Gasteiger partial charge in [-0.1, -0.05) is 27.2 Å². The molecule has 2 aliphatic rings. The minimum Gasteiger partial charge on any atom is -0.389 e. The second-order valence-corrected chi connectivity index (χ2v) is 7.10. The molecular weight excluding hydrogens is 238 g/mol. The summed E-state index contributed by atoms with van der Waals surface area (Å²) in [6, 6.07) is 0. The molecule has 1 saturated heterocycles. The van der Waals surface area contributed by atoms with Crippen LogP contribution in [0.15, 0.2) is 0 Å². The van der Waals surface area contributed by atoms with Crippen molar-refractivity contribution in [3.8, 4) is 0 Å². The Morgan fingerprint density at radius 2 is 1.84 bits per heavy atom. The fourth-order valence-corrected chi connectivity index (χ4v) is 3.89. The number of hydrogen-bond donors (Lipinski definition) is 1. The second-order valence-electron chi connectivity index (χ2n) is 7.10. The molecule has 0 bridgehead atoms. The Hall–Kier alpha value is -0.120. The van der Waals surface area contributed by atoms with E-state index in [2.05, 4.69) is 25.7 Å². The third-order valence-electron chi connectivity index (χ3n) is 4.70. The lowest BCUT2D eigenvalue weighted by Gasteiger charge is -2.36. The number of piperidine rings is 1. The van der Waals surface area contributed by atoms with Crippen molar-refractivity contribution in [3.63, 3.8) is 0 Å². The van der Waals surface area contributed by atoms with E-state index in [0.717, 1.165) is 31.5 Å². The number of β-amino-alcohol motifs (C(OH)–C–C–N with tert-alkyl or cyclic N) is 1. The van der Waals surface area contributed by atoms with E-state index in [-0.39, 0.29) is 6.10 Å². The summed E-state index contributed by atoms with van der Waals surface area (Å²) in [5.41, 5.74) is 0. The first kappa shape index (κ1) is 15.3. The van der Waals surface area contributed by atoms with Gasteiger partial charge in [0.1, 0.15) is 0 Å². The molecular formula is C16H31NO2. The average molecular weight is 269 g/mol. The first-order valence-electron chi connectivity index (χ1n) is 8.06. The molecule has 1 N–H and O–H groups in total. The maximum absolute atomic E-state index is 10.2. The van der Waals surface area contributed by atoms with Crippen LogP contribution >= 0.6 is 0 Å². The summed E-state index contributed by atoms with van der Waals surface area (Å²) in [6.45, 7) is 10.4. The van der Waals surface area contributed by atoms with E-state index in [9.17, 15) is 5.11 Å². The molecule has 1 aliphatic heterocycles. The van der Waals surface area contributed by atoms with E-state index in [1.807, 2.05) is 0 Å². The van der Waals surface area contributed by atoms with Crippen LogP contribution in [0.5, 0.6) is 0 Å². The van der Waals surface area contributed by atoms with Crippen LogP contribution in [-0.4, -0.2) is 48.5 Å². The van der Waals surface area contributed by atoms with Crippen molar-refractivity contribution in [1.82, 2.24) is 4.90 Å². The van der Waals surface area contributed by atoms with Crippen molar-refractivity contribution in [3.05, 3.63) is 0 Å². The van der Waals surface area contributed by atoms with E-state index in [4.69, 9.17) is 4.74 Å². The first-order chi connectivity index (χ1) is 9.04. The Morgan fingerprint density at radius 3 is 2.42 bits per heavy atom. The van der Waals surface area contributed by atoms with Gasteiger partial charge in [-0.3, -0.25) is 0 Å². The molecule has 5 atom stereocenters. The minimum atomic E-state index is -0.328. The average Bonchev–Trinajstić information content (AvgIpc) is 2.71. The highest BCUT2D eigenvalue weighted by molar-refractivity contribution is 4.78. The van der Waals surface area contributed by atoms with E-state index in [0.29, 0.717) is 18.6 Å². The van der Waals surface area contributed by atoms with E-state index < -0.39 is 0 Å². The molecule has 0 unspecified atom stereocenters. The maximum atomic E-state index is 10.2. The molecule has 0 radical (unpaired) electrons. The summed E-state index contributed by atoms with van der Waals surface area (Å²) in [7, 11) is 0. The van der Waals surface area contributed by atoms with Crippen molar-refractivity contribution < 1.29 is 9.84 Å². The number of ether oxygens (including phenoxy) is 1. The number of likely N-dealkylation sites (tertiary alicyclic amines) is 1. The zero-order valence-corrected chi connectivity index (χ0v) is 12.8. The van der Waals surface area contributed by atoms with Gasteiger partial charge in [-0.2, -0.15) is 0 Å². The Morgan fingerprint density at radius 1 is 1.16 bits per heavy atom. The van der Waals surface area contributed by atoms with Crippen molar-refractivity contribution in [2.75, 3.05) is 26.2 Å². The Labute approximate surface area is 118 Å². The van der Waals surface area contributed by atoms with Crippen LogP contribution in [0.4, 0.5) is 0 Å². The van der Waals surface area contributed by atoms with Crippen molar-refractivity contribution >= 4 is 0 Å². The quantitative estimate of drug-likeness (QED) is 0.832. The molecule has 3 nitrogen and oxygen atoms in total. The van der Waals surface area contributed by atoms with Gasteiger partial charge in [0.2, 0.25) is 0 Å². The van der Waals surface area contributed by atoms with Crippen LogP contribution < -0.4 is 0 Å². The first-order valence-corrected chi connectivity index (χ1v) is 8.06. The number of aliphatic hydroxyl groups excluding tert-OH is 1. The van der Waals surface area contributed by atoms with Gasteiger partial charge in [0.15, 0.2) is 0 Å². The summed E-state index contributed by atoms with van der Waals surface area (Å²) < 4.78 is 5.90. The summed E-state index contributed by atoms with van der Waals surface area (Å²) in [5, 5.41) is 10.2. The van der Waals surface area contributed by atoms with Gasteiger partial charge in [0.05, 0.1) is 18.8 Å². The highest BCUT2D eigenvalue weighted by atomic mass is 16.5. The van der Waals surface area contributed by atoms with Crippen molar-refractivity contribution in [1.29, 1.82) is 0 Å².